The third-order valence-electron chi connectivity index (χ3n) is 4.95. The summed E-state index contributed by atoms with van der Waals surface area (Å²) >= 11 is 0. The van der Waals surface area contributed by atoms with Crippen LogP contribution in [0.4, 0.5) is 5.69 Å². The lowest BCUT2D eigenvalue weighted by atomic mass is 9.91. The highest BCUT2D eigenvalue weighted by Crippen LogP contribution is 2.26. The van der Waals surface area contributed by atoms with E-state index in [1.165, 1.54) is 4.31 Å². The van der Waals surface area contributed by atoms with Gasteiger partial charge in [0.2, 0.25) is 10.0 Å². The molecule has 2 aliphatic rings. The fourth-order valence-corrected chi connectivity index (χ4v) is 5.07. The molecule has 0 aromatic heterocycles. The first kappa shape index (κ1) is 20.0. The van der Waals surface area contributed by atoms with E-state index in [9.17, 15) is 13.2 Å². The number of nitrogens with zero attached hydrogens (tertiary/aromatic N) is 1. The van der Waals surface area contributed by atoms with Crippen LogP contribution in [0.25, 0.3) is 0 Å². The minimum Gasteiger partial charge on any atom is -0.349 e. The molecule has 1 heterocycles. The van der Waals surface area contributed by atoms with Crippen LogP contribution in [-0.2, 0) is 10.0 Å². The third-order valence-corrected chi connectivity index (χ3v) is 6.82. The molecule has 8 heteroatoms. The minimum absolute atomic E-state index is 0. The van der Waals surface area contributed by atoms with E-state index in [0.29, 0.717) is 24.2 Å². The number of nitrogens with one attached hydrogen (secondary N) is 1. The monoisotopic (exact) mass is 387 g/mol. The number of sulfonamides is 1. The number of anilines is 1. The van der Waals surface area contributed by atoms with Gasteiger partial charge in [0.25, 0.3) is 5.91 Å². The second kappa shape index (κ2) is 7.93. The fraction of sp³-hybridized carbons (Fsp3) is 0.588. The van der Waals surface area contributed by atoms with Crippen LogP contribution in [0.3, 0.4) is 0 Å². The molecular formula is C17H26ClN3O3S. The number of benzene rings is 1. The van der Waals surface area contributed by atoms with E-state index in [0.717, 1.165) is 31.2 Å². The SMILES string of the molecule is Cc1cc(N2CCCS2(=O)=O)ccc1C(=O)NC1CCC(N)CC1.Cl. The Kier molecular flexibility index (Phi) is 6.35. The molecule has 0 unspecified atom stereocenters. The van der Waals surface area contributed by atoms with Gasteiger partial charge in [0, 0.05) is 24.2 Å². The van der Waals surface area contributed by atoms with Crippen LogP contribution in [0.15, 0.2) is 18.2 Å². The number of hydrogen-bond donors (Lipinski definition) is 2. The first-order valence-electron chi connectivity index (χ1n) is 8.54. The van der Waals surface area contributed by atoms with E-state index in [4.69, 9.17) is 5.73 Å². The maximum Gasteiger partial charge on any atom is 0.251 e. The molecule has 140 valence electrons. The quantitative estimate of drug-likeness (QED) is 0.829. The van der Waals surface area contributed by atoms with Gasteiger partial charge in [-0.25, -0.2) is 8.42 Å². The molecule has 0 radical (unpaired) electrons. The van der Waals surface area contributed by atoms with Gasteiger partial charge in [-0.05, 0) is 62.8 Å². The van der Waals surface area contributed by atoms with Gasteiger partial charge in [-0.3, -0.25) is 9.10 Å². The normalized spacial score (nSPS) is 25.3. The lowest BCUT2D eigenvalue weighted by Crippen LogP contribution is -2.40. The largest absolute Gasteiger partial charge is 0.349 e. The van der Waals surface area contributed by atoms with Crippen molar-refractivity contribution in [3.8, 4) is 0 Å². The average Bonchev–Trinajstić information content (AvgIpc) is 2.88. The Bertz CT molecular complexity index is 731. The molecule has 0 spiro atoms. The van der Waals surface area contributed by atoms with Crippen molar-refractivity contribution in [2.24, 2.45) is 5.73 Å². The van der Waals surface area contributed by atoms with Gasteiger partial charge >= 0.3 is 0 Å². The van der Waals surface area contributed by atoms with Crippen LogP contribution in [0.2, 0.25) is 0 Å². The minimum atomic E-state index is -3.20. The summed E-state index contributed by atoms with van der Waals surface area (Å²) in [5, 5.41) is 3.08. The Balaban J connectivity index is 0.00000225. The highest BCUT2D eigenvalue weighted by molar-refractivity contribution is 7.93. The van der Waals surface area contributed by atoms with Crippen molar-refractivity contribution in [1.82, 2.24) is 5.32 Å². The second-order valence-corrected chi connectivity index (χ2v) is 8.84. The van der Waals surface area contributed by atoms with Gasteiger partial charge in [0.15, 0.2) is 0 Å². The standard InChI is InChI=1S/C17H25N3O3S.ClH/c1-12-11-15(20-9-2-10-24(20,22)23)7-8-16(12)17(21)19-14-5-3-13(18)4-6-14;/h7-8,11,13-14H,2-6,9-10,18H2,1H3,(H,19,21);1H. The summed E-state index contributed by atoms with van der Waals surface area (Å²) in [6.45, 7) is 2.35. The summed E-state index contributed by atoms with van der Waals surface area (Å²) in [4.78, 5) is 12.5. The lowest BCUT2D eigenvalue weighted by Gasteiger charge is -2.27. The van der Waals surface area contributed by atoms with E-state index in [2.05, 4.69) is 5.32 Å². The number of carbonyl (C=O) groups is 1. The third kappa shape index (κ3) is 4.46. The molecule has 0 bridgehead atoms. The molecule has 1 aromatic rings. The Labute approximate surface area is 155 Å². The number of aryl methyl sites for hydroxylation is 1. The molecule has 1 aliphatic carbocycles. The van der Waals surface area contributed by atoms with Crippen LogP contribution in [0.1, 0.15) is 48.0 Å². The van der Waals surface area contributed by atoms with Crippen molar-refractivity contribution in [1.29, 1.82) is 0 Å². The van der Waals surface area contributed by atoms with Crippen molar-refractivity contribution in [3.63, 3.8) is 0 Å². The second-order valence-electron chi connectivity index (χ2n) is 6.83. The molecule has 3 rings (SSSR count). The van der Waals surface area contributed by atoms with Gasteiger partial charge in [-0.2, -0.15) is 0 Å². The average molecular weight is 388 g/mol. The number of halogens is 1. The van der Waals surface area contributed by atoms with Crippen LogP contribution in [-0.4, -0.2) is 38.7 Å². The van der Waals surface area contributed by atoms with Gasteiger partial charge in [0.1, 0.15) is 0 Å². The molecule has 1 saturated heterocycles. The van der Waals surface area contributed by atoms with Crippen LogP contribution in [0, 0.1) is 6.92 Å². The Morgan fingerprint density at radius 3 is 2.48 bits per heavy atom. The number of nitrogens with two attached hydrogens (primary N) is 1. The van der Waals surface area contributed by atoms with Gasteiger partial charge < -0.3 is 11.1 Å². The van der Waals surface area contributed by atoms with Crippen molar-refractivity contribution in [2.45, 2.75) is 51.1 Å². The zero-order chi connectivity index (χ0) is 17.3. The van der Waals surface area contributed by atoms with E-state index in [-0.39, 0.29) is 36.2 Å². The summed E-state index contributed by atoms with van der Waals surface area (Å²) in [7, 11) is -3.20. The van der Waals surface area contributed by atoms with E-state index in [1.54, 1.807) is 18.2 Å². The summed E-state index contributed by atoms with van der Waals surface area (Å²) in [6.07, 6.45) is 4.35. The maximum absolute atomic E-state index is 12.5. The predicted molar refractivity (Wildman–Crippen MR) is 102 cm³/mol. The number of carbonyl (C=O) groups excluding carboxylic acids is 1. The topological polar surface area (TPSA) is 92.5 Å². The molecule has 0 atom stereocenters. The van der Waals surface area contributed by atoms with Crippen molar-refractivity contribution >= 4 is 34.0 Å². The molecular weight excluding hydrogens is 362 g/mol. The van der Waals surface area contributed by atoms with Crippen LogP contribution < -0.4 is 15.4 Å². The molecule has 1 aromatic carbocycles. The summed E-state index contributed by atoms with van der Waals surface area (Å²) in [6, 6.07) is 5.66. The van der Waals surface area contributed by atoms with E-state index in [1.807, 2.05) is 6.92 Å². The van der Waals surface area contributed by atoms with Gasteiger partial charge in [-0.15, -0.1) is 12.4 Å². The van der Waals surface area contributed by atoms with Crippen molar-refractivity contribution in [3.05, 3.63) is 29.3 Å². The molecule has 3 N–H and O–H groups in total. The molecule has 6 nitrogen and oxygen atoms in total. The Hall–Kier alpha value is -1.31. The fourth-order valence-electron chi connectivity index (χ4n) is 3.51. The Morgan fingerprint density at radius 2 is 1.92 bits per heavy atom. The molecule has 25 heavy (non-hydrogen) atoms. The van der Waals surface area contributed by atoms with Gasteiger partial charge in [-0.1, -0.05) is 0 Å². The predicted octanol–water partition coefficient (Wildman–Crippen LogP) is 1.96. The molecule has 1 amide bonds. The molecule has 1 aliphatic heterocycles. The van der Waals surface area contributed by atoms with Crippen molar-refractivity contribution < 1.29 is 13.2 Å². The summed E-state index contributed by atoms with van der Waals surface area (Å²) < 4.78 is 25.5. The number of rotatable bonds is 3. The number of hydrogen-bond acceptors (Lipinski definition) is 4. The zero-order valence-electron chi connectivity index (χ0n) is 14.4. The van der Waals surface area contributed by atoms with Gasteiger partial charge in [0.05, 0.1) is 11.4 Å². The van der Waals surface area contributed by atoms with Crippen molar-refractivity contribution in [2.75, 3.05) is 16.6 Å². The maximum atomic E-state index is 12.5. The first-order chi connectivity index (χ1) is 11.4. The first-order valence-corrected chi connectivity index (χ1v) is 10.2. The summed E-state index contributed by atoms with van der Waals surface area (Å²) in [5.74, 6) is 0.0989. The smallest absolute Gasteiger partial charge is 0.251 e. The lowest BCUT2D eigenvalue weighted by molar-refractivity contribution is 0.0925. The van der Waals surface area contributed by atoms with E-state index >= 15 is 0 Å². The molecule has 1 saturated carbocycles. The van der Waals surface area contributed by atoms with Crippen LogP contribution >= 0.6 is 12.4 Å². The highest BCUT2D eigenvalue weighted by atomic mass is 35.5. The van der Waals surface area contributed by atoms with Crippen LogP contribution in [0.5, 0.6) is 0 Å². The zero-order valence-corrected chi connectivity index (χ0v) is 16.0. The Morgan fingerprint density at radius 1 is 1.24 bits per heavy atom. The van der Waals surface area contributed by atoms with E-state index < -0.39 is 10.0 Å². The summed E-state index contributed by atoms with van der Waals surface area (Å²) in [5.41, 5.74) is 7.93. The number of amides is 1. The highest BCUT2D eigenvalue weighted by Gasteiger charge is 2.29. The molecule has 2 fully saturated rings.